The van der Waals surface area contributed by atoms with E-state index in [1.54, 1.807) is 51.1 Å². The largest absolute Gasteiger partial charge is 0.461 e. The van der Waals surface area contributed by atoms with Gasteiger partial charge in [-0.1, -0.05) is 68.4 Å². The van der Waals surface area contributed by atoms with E-state index in [1.807, 2.05) is 0 Å². The molecule has 2 amide bonds. The highest BCUT2D eigenvalue weighted by Gasteiger charge is 2.95. The Hall–Kier alpha value is -4.38. The van der Waals surface area contributed by atoms with Gasteiger partial charge < -0.3 is 21.1 Å². The first-order valence-electron chi connectivity index (χ1n) is 17.9. The summed E-state index contributed by atoms with van der Waals surface area (Å²) >= 11 is 0. The van der Waals surface area contributed by atoms with Gasteiger partial charge in [0.2, 0.25) is 11.8 Å². The highest BCUT2D eigenvalue weighted by Crippen LogP contribution is 2.64. The number of amides is 2. The van der Waals surface area contributed by atoms with Gasteiger partial charge in [0.25, 0.3) is 0 Å². The number of carbonyl (C=O) groups is 3. The lowest BCUT2D eigenvalue weighted by atomic mass is 9.87. The minimum atomic E-state index is -8.70. The van der Waals surface area contributed by atoms with Gasteiger partial charge in [-0.05, 0) is 42.4 Å². The van der Waals surface area contributed by atoms with Gasteiger partial charge in [0.1, 0.15) is 6.61 Å². The summed E-state index contributed by atoms with van der Waals surface area (Å²) in [6.45, 7) is 4.71. The number of rotatable bonds is 22. The Labute approximate surface area is 336 Å². The smallest absolute Gasteiger partial charge is 0.460 e. The van der Waals surface area contributed by atoms with Gasteiger partial charge in [0.15, 0.2) is 0 Å². The maximum atomic E-state index is 14.4. The molecule has 0 aromatic heterocycles. The van der Waals surface area contributed by atoms with Crippen LogP contribution in [0.25, 0.3) is 0 Å². The molecule has 0 radical (unpaired) electrons. The highest BCUT2D eigenvalue weighted by molar-refractivity contribution is 5.82. The predicted molar refractivity (Wildman–Crippen MR) is 182 cm³/mol. The van der Waals surface area contributed by atoms with E-state index in [1.165, 1.54) is 0 Å². The molecule has 2 rings (SSSR count). The number of alkyl halides is 17. The van der Waals surface area contributed by atoms with Crippen molar-refractivity contribution in [3.05, 3.63) is 71.3 Å². The van der Waals surface area contributed by atoms with E-state index in [9.17, 15) is 89.0 Å². The molecule has 0 aliphatic rings. The Morgan fingerprint density at radius 3 is 1.56 bits per heavy atom. The number of nitrogens with two attached hydrogens (primary N) is 1. The van der Waals surface area contributed by atoms with Crippen LogP contribution in [0.3, 0.4) is 0 Å². The molecule has 0 spiro atoms. The van der Waals surface area contributed by atoms with Gasteiger partial charge in [-0.25, -0.2) is 0 Å². The lowest BCUT2D eigenvalue weighted by Crippen LogP contribution is -2.74. The summed E-state index contributed by atoms with van der Waals surface area (Å²) in [5.41, 5.74) is 5.96. The Bertz CT molecular complexity index is 1770. The SMILES string of the molecule is CC(C)[C@@H](CN)C(=O)N[C@H](C)CC(=O)N[C@H](CC(=O)OCc1ccc(CCC(F)(F)C(F)(F)C(F)(F)C(F)(F)C(F)(F)C(F)(F)C(F)(F)C(F)(F)F)cc1)Cc1ccccc1. The van der Waals surface area contributed by atoms with Crippen molar-refractivity contribution in [1.82, 2.24) is 10.6 Å². The number of esters is 1. The molecule has 3 atom stereocenters. The maximum absolute atomic E-state index is 14.4. The fourth-order valence-corrected chi connectivity index (χ4v) is 5.60. The van der Waals surface area contributed by atoms with Crippen molar-refractivity contribution in [1.29, 1.82) is 0 Å². The van der Waals surface area contributed by atoms with Crippen LogP contribution in [-0.4, -0.2) is 84.0 Å². The fourth-order valence-electron chi connectivity index (χ4n) is 5.60. The van der Waals surface area contributed by atoms with Crippen LogP contribution in [0.5, 0.6) is 0 Å². The minimum absolute atomic E-state index is 0.0737. The molecular weight excluding hydrogens is 873 g/mol. The summed E-state index contributed by atoms with van der Waals surface area (Å²) in [5, 5.41) is 5.39. The van der Waals surface area contributed by atoms with Crippen molar-refractivity contribution >= 4 is 17.8 Å². The number of hydrogen-bond donors (Lipinski definition) is 3. The summed E-state index contributed by atoms with van der Waals surface area (Å²) in [7, 11) is 0. The van der Waals surface area contributed by atoms with E-state index in [0.29, 0.717) is 5.56 Å². The topological polar surface area (TPSA) is 111 Å². The molecule has 2 aromatic carbocycles. The number of ether oxygens (including phenoxy) is 1. The van der Waals surface area contributed by atoms with Crippen LogP contribution in [0, 0.1) is 11.8 Å². The van der Waals surface area contributed by atoms with E-state index < -0.39 is 109 Å². The van der Waals surface area contributed by atoms with Gasteiger partial charge in [-0.2, -0.15) is 74.6 Å². The van der Waals surface area contributed by atoms with Crippen molar-refractivity contribution in [3.63, 3.8) is 0 Å². The molecular formula is C37H40F17N3O4. The summed E-state index contributed by atoms with van der Waals surface area (Å²) < 4.78 is 236. The molecule has 0 saturated heterocycles. The predicted octanol–water partition coefficient (Wildman–Crippen LogP) is 8.92. The highest BCUT2D eigenvalue weighted by atomic mass is 19.4. The average Bonchev–Trinajstić information content (AvgIpc) is 3.12. The second kappa shape index (κ2) is 19.3. The van der Waals surface area contributed by atoms with E-state index in [2.05, 4.69) is 10.6 Å². The number of carbonyl (C=O) groups excluding carboxylic acids is 3. The molecule has 0 bridgehead atoms. The van der Waals surface area contributed by atoms with E-state index in [4.69, 9.17) is 10.5 Å². The molecule has 24 heteroatoms. The normalized spacial score (nSPS) is 15.2. The molecule has 61 heavy (non-hydrogen) atoms. The maximum Gasteiger partial charge on any atom is 0.460 e. The lowest BCUT2D eigenvalue weighted by Gasteiger charge is -2.42. The van der Waals surface area contributed by atoms with Gasteiger partial charge in [-0.15, -0.1) is 0 Å². The number of hydrogen-bond acceptors (Lipinski definition) is 5. The summed E-state index contributed by atoms with van der Waals surface area (Å²) in [6.07, 6.45) is -12.4. The van der Waals surface area contributed by atoms with Gasteiger partial charge in [-0.3, -0.25) is 14.4 Å². The van der Waals surface area contributed by atoms with Gasteiger partial charge in [0.05, 0.1) is 12.3 Å². The van der Waals surface area contributed by atoms with Crippen molar-refractivity contribution < 1.29 is 93.8 Å². The lowest BCUT2D eigenvalue weighted by molar-refractivity contribution is -0.461. The van der Waals surface area contributed by atoms with Crippen LogP contribution in [0.15, 0.2) is 54.6 Å². The Balaban J connectivity index is 2.12. The van der Waals surface area contributed by atoms with Crippen LogP contribution in [0.1, 0.15) is 56.7 Å². The monoisotopic (exact) mass is 913 g/mol. The second-order valence-corrected chi connectivity index (χ2v) is 14.5. The molecule has 7 nitrogen and oxygen atoms in total. The molecule has 0 fully saturated rings. The summed E-state index contributed by atoms with van der Waals surface area (Å²) in [5.74, 6) is -59.2. The van der Waals surface area contributed by atoms with Crippen LogP contribution >= 0.6 is 0 Å². The molecule has 0 heterocycles. The standard InChI is InChI=1S/C37H40F17N3O4/c1-20(2)26(18-55)29(60)56-21(3)15-27(58)57-25(16-23-7-5-4-6-8-23)17-28(59)61-19-24-11-9-22(10-12-24)13-14-30(38,39)31(40,41)32(42,43)33(44,45)34(46,47)35(48,49)36(50,51)37(52,53)54/h4-12,20-21,25-26H,13-19,55H2,1-3H3,(H,56,60)(H,57,58)/t21-,25+,26-/m1/s1. The molecule has 2 aromatic rings. The molecule has 0 aliphatic carbocycles. The second-order valence-electron chi connectivity index (χ2n) is 14.5. The first-order valence-corrected chi connectivity index (χ1v) is 17.9. The first-order chi connectivity index (χ1) is 27.6. The number of benzene rings is 2. The third-order valence-electron chi connectivity index (χ3n) is 9.32. The molecule has 4 N–H and O–H groups in total. The number of halogens is 17. The molecule has 0 saturated carbocycles. The quantitative estimate of drug-likeness (QED) is 0.0808. The molecule has 0 unspecified atom stereocenters. The van der Waals surface area contributed by atoms with Crippen molar-refractivity contribution in [2.75, 3.05) is 6.54 Å². The minimum Gasteiger partial charge on any atom is -0.461 e. The zero-order chi connectivity index (χ0) is 47.2. The average molecular weight is 914 g/mol. The third-order valence-corrected chi connectivity index (χ3v) is 9.32. The zero-order valence-electron chi connectivity index (χ0n) is 32.1. The van der Waals surface area contributed by atoms with Gasteiger partial charge >= 0.3 is 53.6 Å². The third kappa shape index (κ3) is 11.6. The van der Waals surface area contributed by atoms with Crippen LogP contribution in [0.2, 0.25) is 0 Å². The summed E-state index contributed by atoms with van der Waals surface area (Å²) in [6, 6.07) is 10.7. The zero-order valence-corrected chi connectivity index (χ0v) is 32.1. The summed E-state index contributed by atoms with van der Waals surface area (Å²) in [4.78, 5) is 38.2. The molecule has 346 valence electrons. The Morgan fingerprint density at radius 2 is 1.08 bits per heavy atom. The van der Waals surface area contributed by atoms with E-state index in [-0.39, 0.29) is 36.8 Å². The number of nitrogens with one attached hydrogen (secondary N) is 2. The van der Waals surface area contributed by atoms with E-state index >= 15 is 0 Å². The molecule has 0 aliphatic heterocycles. The fraction of sp³-hybridized carbons (Fsp3) is 0.595. The van der Waals surface area contributed by atoms with Crippen molar-refractivity contribution in [2.24, 2.45) is 17.6 Å². The van der Waals surface area contributed by atoms with Crippen molar-refractivity contribution in [2.45, 2.75) is 119 Å². The van der Waals surface area contributed by atoms with Crippen LogP contribution in [-0.2, 0) is 38.6 Å². The first kappa shape index (κ1) is 52.8. The number of aryl methyl sites for hydroxylation is 1. The van der Waals surface area contributed by atoms with Gasteiger partial charge in [0, 0.05) is 31.5 Å². The Kier molecular flexibility index (Phi) is 16.7. The van der Waals surface area contributed by atoms with Crippen molar-refractivity contribution in [3.8, 4) is 0 Å². The Morgan fingerprint density at radius 1 is 0.607 bits per heavy atom. The van der Waals surface area contributed by atoms with Crippen LogP contribution in [0.4, 0.5) is 74.6 Å². The van der Waals surface area contributed by atoms with Crippen LogP contribution < -0.4 is 16.4 Å². The van der Waals surface area contributed by atoms with E-state index in [0.717, 1.165) is 24.3 Å².